The van der Waals surface area contributed by atoms with Crippen molar-refractivity contribution in [2.45, 2.75) is 44.4 Å². The molecular formula is C22H25Cl2N3O4S. The summed E-state index contributed by atoms with van der Waals surface area (Å²) in [6, 6.07) is 3.36. The molecule has 1 saturated heterocycles. The van der Waals surface area contributed by atoms with Gasteiger partial charge in [-0.3, -0.25) is 0 Å². The number of carbonyl (C=O) groups is 1. The number of benzene rings is 1. The number of piperazine rings is 1. The maximum absolute atomic E-state index is 11.9. The lowest BCUT2D eigenvalue weighted by Crippen LogP contribution is -2.58. The van der Waals surface area contributed by atoms with Crippen LogP contribution in [-0.4, -0.2) is 52.9 Å². The molecule has 1 fully saturated rings. The number of carboxylic acids is 1. The van der Waals surface area contributed by atoms with E-state index in [1.54, 1.807) is 36.6 Å². The van der Waals surface area contributed by atoms with Crippen LogP contribution in [0, 0.1) is 0 Å². The molecule has 4 rings (SSSR count). The van der Waals surface area contributed by atoms with E-state index in [2.05, 4.69) is 15.6 Å². The van der Waals surface area contributed by atoms with Crippen LogP contribution in [0.3, 0.4) is 0 Å². The van der Waals surface area contributed by atoms with E-state index < -0.39 is 12.1 Å². The monoisotopic (exact) mass is 497 g/mol. The number of carboxylic acid groups (broad SMARTS) is 1. The van der Waals surface area contributed by atoms with Gasteiger partial charge in [-0.15, -0.1) is 11.3 Å². The van der Waals surface area contributed by atoms with E-state index in [0.29, 0.717) is 59.3 Å². The van der Waals surface area contributed by atoms with Gasteiger partial charge in [-0.2, -0.15) is 0 Å². The predicted octanol–water partition coefficient (Wildman–Crippen LogP) is 3.69. The highest BCUT2D eigenvalue weighted by Gasteiger charge is 2.36. The molecule has 0 spiro atoms. The van der Waals surface area contributed by atoms with Gasteiger partial charge in [0.2, 0.25) is 0 Å². The highest BCUT2D eigenvalue weighted by molar-refractivity contribution is 7.12. The quantitative estimate of drug-likeness (QED) is 0.412. The zero-order valence-corrected chi connectivity index (χ0v) is 19.9. The van der Waals surface area contributed by atoms with Gasteiger partial charge in [0.05, 0.1) is 44.3 Å². The Bertz CT molecular complexity index is 1020. The normalized spacial score (nSPS) is 21.5. The summed E-state index contributed by atoms with van der Waals surface area (Å²) in [6.07, 6.45) is 3.21. The topological polar surface area (TPSA) is 104 Å². The van der Waals surface area contributed by atoms with Gasteiger partial charge in [0.15, 0.2) is 5.75 Å². The molecule has 3 heterocycles. The summed E-state index contributed by atoms with van der Waals surface area (Å²) in [5, 5.41) is 27.8. The Morgan fingerprint density at radius 1 is 1.34 bits per heavy atom. The maximum atomic E-state index is 11.9. The molecule has 2 aliphatic heterocycles. The van der Waals surface area contributed by atoms with Gasteiger partial charge < -0.3 is 25.6 Å². The molecule has 0 amide bonds. The van der Waals surface area contributed by atoms with Gasteiger partial charge in [-0.1, -0.05) is 23.2 Å². The van der Waals surface area contributed by atoms with Crippen molar-refractivity contribution in [2.24, 2.45) is 0 Å². The van der Waals surface area contributed by atoms with E-state index in [-0.39, 0.29) is 12.1 Å². The van der Waals surface area contributed by atoms with Crippen LogP contribution in [0.2, 0.25) is 10.0 Å². The smallest absolute Gasteiger partial charge is 0.333 e. The second-order valence-corrected chi connectivity index (χ2v) is 9.97. The number of nitrogens with one attached hydrogen (secondary N) is 2. The average molecular weight is 498 g/mol. The van der Waals surface area contributed by atoms with Crippen molar-refractivity contribution in [1.82, 2.24) is 15.6 Å². The van der Waals surface area contributed by atoms with E-state index in [9.17, 15) is 15.0 Å². The summed E-state index contributed by atoms with van der Waals surface area (Å²) >= 11 is 14.0. The highest BCUT2D eigenvalue weighted by atomic mass is 35.5. The Labute approximate surface area is 200 Å². The molecular weight excluding hydrogens is 473 g/mol. The third-order valence-electron chi connectivity index (χ3n) is 5.67. The number of hydrogen-bond acceptors (Lipinski definition) is 7. The number of halogens is 2. The molecule has 4 N–H and O–H groups in total. The summed E-state index contributed by atoms with van der Waals surface area (Å²) in [5.41, 5.74) is 1.97. The molecule has 1 aromatic carbocycles. The first-order valence-electron chi connectivity index (χ1n) is 10.5. The van der Waals surface area contributed by atoms with E-state index >= 15 is 0 Å². The number of nitrogens with zero attached hydrogens (tertiary/aromatic N) is 1. The predicted molar refractivity (Wildman–Crippen MR) is 126 cm³/mol. The van der Waals surface area contributed by atoms with Crippen LogP contribution in [0.1, 0.15) is 41.3 Å². The lowest BCUT2D eigenvalue weighted by atomic mass is 9.87. The Morgan fingerprint density at radius 3 is 2.78 bits per heavy atom. The summed E-state index contributed by atoms with van der Waals surface area (Å²) in [6.45, 7) is 3.51. The summed E-state index contributed by atoms with van der Waals surface area (Å²) in [7, 11) is 0. The number of rotatable bonds is 8. The molecule has 3 atom stereocenters. The zero-order valence-electron chi connectivity index (χ0n) is 17.5. The van der Waals surface area contributed by atoms with Gasteiger partial charge >= 0.3 is 5.97 Å². The lowest BCUT2D eigenvalue weighted by molar-refractivity contribution is -0.133. The van der Waals surface area contributed by atoms with Crippen molar-refractivity contribution in [3.8, 4) is 5.75 Å². The van der Waals surface area contributed by atoms with Crippen LogP contribution in [0.5, 0.6) is 5.75 Å². The van der Waals surface area contributed by atoms with Crippen LogP contribution >= 0.6 is 34.5 Å². The van der Waals surface area contributed by atoms with Crippen molar-refractivity contribution in [3.05, 3.63) is 49.4 Å². The van der Waals surface area contributed by atoms with Gasteiger partial charge in [-0.25, -0.2) is 9.78 Å². The number of aliphatic carboxylic acids is 1. The zero-order chi connectivity index (χ0) is 22.8. The minimum atomic E-state index is -0.877. The van der Waals surface area contributed by atoms with Crippen LogP contribution in [0.15, 0.2) is 23.9 Å². The fourth-order valence-corrected chi connectivity index (χ4v) is 5.76. The van der Waals surface area contributed by atoms with E-state index in [1.165, 1.54) is 0 Å². The maximum Gasteiger partial charge on any atom is 0.333 e. The molecule has 7 nitrogen and oxygen atoms in total. The van der Waals surface area contributed by atoms with Gasteiger partial charge in [0.1, 0.15) is 0 Å². The first kappa shape index (κ1) is 23.5. The van der Waals surface area contributed by atoms with Gasteiger partial charge in [-0.05, 0) is 43.0 Å². The van der Waals surface area contributed by atoms with E-state index in [0.717, 1.165) is 22.0 Å². The van der Waals surface area contributed by atoms with Crippen LogP contribution in [0.4, 0.5) is 0 Å². The Balaban J connectivity index is 1.39. The Hall–Kier alpha value is -1.68. The number of aliphatic hydroxyl groups is 1. The molecule has 0 aliphatic carbocycles. The molecule has 0 unspecified atom stereocenters. The first-order chi connectivity index (χ1) is 15.3. The second-order valence-electron chi connectivity index (χ2n) is 8.04. The Kier molecular flexibility index (Phi) is 7.39. The van der Waals surface area contributed by atoms with Crippen LogP contribution in [-0.2, 0) is 11.2 Å². The fraction of sp³-hybridized carbons (Fsp3) is 0.455. The summed E-state index contributed by atoms with van der Waals surface area (Å²) in [5.74, 6) is -0.470. The number of aryl methyl sites for hydroxylation is 1. The van der Waals surface area contributed by atoms with Crippen molar-refractivity contribution in [1.29, 1.82) is 0 Å². The number of hydrogen-bond donors (Lipinski definition) is 4. The number of ether oxygens (including phenoxy) is 1. The third kappa shape index (κ3) is 5.11. The van der Waals surface area contributed by atoms with Gasteiger partial charge in [0, 0.05) is 31.7 Å². The fourth-order valence-electron chi connectivity index (χ4n) is 4.12. The molecule has 10 heteroatoms. The molecule has 1 aromatic heterocycles. The van der Waals surface area contributed by atoms with E-state index in [4.69, 9.17) is 27.9 Å². The third-order valence-corrected chi connectivity index (χ3v) is 7.34. The molecule has 172 valence electrons. The SMILES string of the molecule is C[C@H](O)c1cc(Cl)c(OCCCc2ncc(C3=C(C(=O)O)[C@H]4CNC[C@@H](C3)N4)s2)c(Cl)c1. The molecule has 0 radical (unpaired) electrons. The highest BCUT2D eigenvalue weighted by Crippen LogP contribution is 2.37. The lowest BCUT2D eigenvalue weighted by Gasteiger charge is -2.38. The molecule has 2 bridgehead atoms. The number of aromatic nitrogens is 1. The van der Waals surface area contributed by atoms with Crippen molar-refractivity contribution in [3.63, 3.8) is 0 Å². The average Bonchev–Trinajstić information content (AvgIpc) is 3.20. The standard InChI is InChI=1S/C22H25Cl2N3O4S/c1-11(28)12-5-15(23)21(16(24)6-12)31-4-2-3-19-26-10-18(32-19)14-7-13-8-25-9-17(27-13)20(14)22(29)30/h5-6,10-11,13,17,25,27-28H,2-4,7-9H2,1H3,(H,29,30)/t11-,13+,17+/m0/s1. The number of aliphatic hydroxyl groups excluding tert-OH is 1. The number of fused-ring (bicyclic) bond motifs is 2. The van der Waals surface area contributed by atoms with Crippen molar-refractivity contribution < 1.29 is 19.7 Å². The molecule has 2 aliphatic rings. The molecule has 2 aromatic rings. The van der Waals surface area contributed by atoms with E-state index in [1.807, 2.05) is 0 Å². The van der Waals surface area contributed by atoms with Crippen LogP contribution in [0.25, 0.3) is 5.57 Å². The van der Waals surface area contributed by atoms with Crippen molar-refractivity contribution in [2.75, 3.05) is 19.7 Å². The second kappa shape index (κ2) is 10.1. The summed E-state index contributed by atoms with van der Waals surface area (Å²) < 4.78 is 5.78. The molecule has 0 saturated carbocycles. The largest absolute Gasteiger partial charge is 0.490 e. The number of thiazole rings is 1. The van der Waals surface area contributed by atoms with Crippen molar-refractivity contribution >= 4 is 46.1 Å². The Morgan fingerprint density at radius 2 is 2.09 bits per heavy atom. The molecule has 32 heavy (non-hydrogen) atoms. The van der Waals surface area contributed by atoms with Gasteiger partial charge in [0.25, 0.3) is 0 Å². The minimum Gasteiger partial charge on any atom is -0.490 e. The first-order valence-corrected chi connectivity index (χ1v) is 12.1. The van der Waals surface area contributed by atoms with Crippen LogP contribution < -0.4 is 15.4 Å². The summed E-state index contributed by atoms with van der Waals surface area (Å²) in [4.78, 5) is 17.3. The minimum absolute atomic E-state index is 0.177.